The van der Waals surface area contributed by atoms with Gasteiger partial charge in [-0.2, -0.15) is 0 Å². The predicted octanol–water partition coefficient (Wildman–Crippen LogP) is 1.80. The third-order valence-electron chi connectivity index (χ3n) is 4.86. The monoisotopic (exact) mass is 430 g/mol. The number of rotatable bonds is 6. The van der Waals surface area contributed by atoms with Crippen LogP contribution in [-0.2, 0) is 19.9 Å². The van der Waals surface area contributed by atoms with Crippen molar-refractivity contribution in [3.63, 3.8) is 0 Å². The van der Waals surface area contributed by atoms with Gasteiger partial charge in [0.15, 0.2) is 11.6 Å². The van der Waals surface area contributed by atoms with Gasteiger partial charge in [-0.15, -0.1) is 0 Å². The van der Waals surface area contributed by atoms with E-state index in [0.717, 1.165) is 28.7 Å². The van der Waals surface area contributed by atoms with Crippen molar-refractivity contribution in [2.75, 3.05) is 18.4 Å². The zero-order valence-corrected chi connectivity index (χ0v) is 16.8. The average molecular weight is 430 g/mol. The molecule has 0 spiro atoms. The van der Waals surface area contributed by atoms with Gasteiger partial charge in [0.05, 0.1) is 6.54 Å². The van der Waals surface area contributed by atoms with Crippen LogP contribution in [0.4, 0.5) is 19.3 Å². The number of hydrogen-bond donors (Lipinski definition) is 3. The molecule has 1 aliphatic rings. The maximum Gasteiger partial charge on any atom is 0.325 e. The van der Waals surface area contributed by atoms with E-state index in [-0.39, 0.29) is 5.69 Å². The maximum absolute atomic E-state index is 13.2. The molecule has 1 aliphatic heterocycles. The van der Waals surface area contributed by atoms with E-state index >= 15 is 0 Å². The van der Waals surface area contributed by atoms with Gasteiger partial charge in [-0.1, -0.05) is 29.8 Å². The highest BCUT2D eigenvalue weighted by Gasteiger charge is 2.49. The molecule has 2 aromatic rings. The fraction of sp³-hybridized carbons (Fsp3) is 0.238. The lowest BCUT2D eigenvalue weighted by atomic mass is 9.91. The summed E-state index contributed by atoms with van der Waals surface area (Å²) in [5.41, 5.74) is 0.267. The Bertz CT molecular complexity index is 1060. The van der Waals surface area contributed by atoms with Crippen LogP contribution < -0.4 is 16.0 Å². The topological polar surface area (TPSA) is 108 Å². The number of nitrogens with one attached hydrogen (secondary N) is 3. The number of carbonyl (C=O) groups is 4. The van der Waals surface area contributed by atoms with E-state index < -0.39 is 54.0 Å². The molecular weight excluding hydrogens is 410 g/mol. The number of halogens is 2. The number of nitrogens with zero attached hydrogens (tertiary/aromatic N) is 1. The number of imide groups is 1. The Morgan fingerprint density at radius 1 is 1.03 bits per heavy atom. The molecule has 1 atom stereocenters. The molecule has 0 radical (unpaired) electrons. The lowest BCUT2D eigenvalue weighted by molar-refractivity contribution is -0.135. The highest BCUT2D eigenvalue weighted by molar-refractivity contribution is 6.09. The standard InChI is InChI=1S/C21H20F2N4O4/c1-12-3-5-13(6-4-12)21(2)19(30)27(20(31)26-21)11-18(29)24-10-17(28)25-14-7-8-15(22)16(23)9-14/h3-9H,10-11H2,1-2H3,(H,24,29)(H,25,28)(H,26,31). The molecule has 3 rings (SSSR count). The summed E-state index contributed by atoms with van der Waals surface area (Å²) in [6, 6.07) is 9.15. The molecule has 1 fully saturated rings. The van der Waals surface area contributed by atoms with E-state index in [4.69, 9.17) is 0 Å². The average Bonchev–Trinajstić information content (AvgIpc) is 2.93. The van der Waals surface area contributed by atoms with E-state index in [1.807, 2.05) is 6.92 Å². The van der Waals surface area contributed by atoms with Crippen molar-refractivity contribution in [3.8, 4) is 0 Å². The fourth-order valence-electron chi connectivity index (χ4n) is 3.08. The first-order chi connectivity index (χ1) is 14.6. The summed E-state index contributed by atoms with van der Waals surface area (Å²) in [5, 5.41) is 7.16. The molecule has 5 amide bonds. The summed E-state index contributed by atoms with van der Waals surface area (Å²) in [4.78, 5) is 49.9. The van der Waals surface area contributed by atoms with Crippen LogP contribution in [0.25, 0.3) is 0 Å². The third kappa shape index (κ3) is 4.68. The van der Waals surface area contributed by atoms with Gasteiger partial charge in [0, 0.05) is 11.8 Å². The highest BCUT2D eigenvalue weighted by atomic mass is 19.2. The van der Waals surface area contributed by atoms with Crippen molar-refractivity contribution in [3.05, 3.63) is 65.2 Å². The van der Waals surface area contributed by atoms with Crippen LogP contribution in [0.5, 0.6) is 0 Å². The molecule has 0 aliphatic carbocycles. The smallest absolute Gasteiger partial charge is 0.325 e. The number of carbonyl (C=O) groups excluding carboxylic acids is 4. The van der Waals surface area contributed by atoms with Gasteiger partial charge in [0.1, 0.15) is 12.1 Å². The van der Waals surface area contributed by atoms with Crippen molar-refractivity contribution in [1.29, 1.82) is 0 Å². The Hall–Kier alpha value is -3.82. The number of amides is 5. The van der Waals surface area contributed by atoms with Crippen LogP contribution in [0.15, 0.2) is 42.5 Å². The van der Waals surface area contributed by atoms with Gasteiger partial charge < -0.3 is 16.0 Å². The SMILES string of the molecule is Cc1ccc(C2(C)NC(=O)N(CC(=O)NCC(=O)Nc3ccc(F)c(F)c3)C2=O)cc1. The molecule has 31 heavy (non-hydrogen) atoms. The minimum atomic E-state index is -1.31. The molecule has 8 nitrogen and oxygen atoms in total. The normalized spacial score (nSPS) is 18.0. The van der Waals surface area contributed by atoms with Gasteiger partial charge in [-0.3, -0.25) is 19.3 Å². The first-order valence-corrected chi connectivity index (χ1v) is 9.33. The lowest BCUT2D eigenvalue weighted by Gasteiger charge is -2.22. The minimum Gasteiger partial charge on any atom is -0.345 e. The summed E-state index contributed by atoms with van der Waals surface area (Å²) >= 11 is 0. The molecule has 0 saturated carbocycles. The molecule has 0 bridgehead atoms. The van der Waals surface area contributed by atoms with Crippen molar-refractivity contribution in [1.82, 2.24) is 15.5 Å². The van der Waals surface area contributed by atoms with Gasteiger partial charge in [-0.25, -0.2) is 13.6 Å². The molecule has 162 valence electrons. The quantitative estimate of drug-likeness (QED) is 0.608. The Balaban J connectivity index is 1.56. The van der Waals surface area contributed by atoms with E-state index in [9.17, 15) is 28.0 Å². The van der Waals surface area contributed by atoms with E-state index in [1.165, 1.54) is 0 Å². The summed E-state index contributed by atoms with van der Waals surface area (Å²) in [6.45, 7) is 2.37. The van der Waals surface area contributed by atoms with Crippen molar-refractivity contribution in [2.24, 2.45) is 0 Å². The van der Waals surface area contributed by atoms with Crippen LogP contribution in [0.1, 0.15) is 18.1 Å². The summed E-state index contributed by atoms with van der Waals surface area (Å²) in [6.07, 6.45) is 0. The van der Waals surface area contributed by atoms with Crippen LogP contribution in [0, 0.1) is 18.6 Å². The summed E-state index contributed by atoms with van der Waals surface area (Å²) < 4.78 is 26.1. The highest BCUT2D eigenvalue weighted by Crippen LogP contribution is 2.28. The number of aryl methyl sites for hydroxylation is 1. The van der Waals surface area contributed by atoms with Crippen LogP contribution >= 0.6 is 0 Å². The lowest BCUT2D eigenvalue weighted by Crippen LogP contribution is -2.44. The minimum absolute atomic E-state index is 0.0149. The maximum atomic E-state index is 13.2. The van der Waals surface area contributed by atoms with E-state index in [0.29, 0.717) is 5.56 Å². The number of urea groups is 1. The second-order valence-electron chi connectivity index (χ2n) is 7.27. The van der Waals surface area contributed by atoms with Crippen molar-refractivity contribution < 1.29 is 28.0 Å². The third-order valence-corrected chi connectivity index (χ3v) is 4.86. The summed E-state index contributed by atoms with van der Waals surface area (Å²) in [5.74, 6) is -4.21. The van der Waals surface area contributed by atoms with E-state index in [1.54, 1.807) is 31.2 Å². The first kappa shape index (κ1) is 21.9. The van der Waals surface area contributed by atoms with Crippen LogP contribution in [0.2, 0.25) is 0 Å². The van der Waals surface area contributed by atoms with Gasteiger partial charge >= 0.3 is 6.03 Å². The van der Waals surface area contributed by atoms with Crippen molar-refractivity contribution >= 4 is 29.4 Å². The van der Waals surface area contributed by atoms with Crippen molar-refractivity contribution in [2.45, 2.75) is 19.4 Å². The van der Waals surface area contributed by atoms with Gasteiger partial charge in [-0.05, 0) is 31.5 Å². The molecule has 0 aromatic heterocycles. The predicted molar refractivity (Wildman–Crippen MR) is 107 cm³/mol. The zero-order valence-electron chi connectivity index (χ0n) is 16.8. The summed E-state index contributed by atoms with van der Waals surface area (Å²) in [7, 11) is 0. The second-order valence-corrected chi connectivity index (χ2v) is 7.27. The fourth-order valence-corrected chi connectivity index (χ4v) is 3.08. The molecule has 1 saturated heterocycles. The Morgan fingerprint density at radius 3 is 2.35 bits per heavy atom. The van der Waals surface area contributed by atoms with Crippen LogP contribution in [0.3, 0.4) is 0 Å². The Morgan fingerprint density at radius 2 is 1.71 bits per heavy atom. The largest absolute Gasteiger partial charge is 0.345 e. The second kappa shape index (κ2) is 8.50. The molecule has 3 N–H and O–H groups in total. The number of anilines is 1. The Kier molecular flexibility index (Phi) is 6.00. The number of benzene rings is 2. The van der Waals surface area contributed by atoms with E-state index in [2.05, 4.69) is 16.0 Å². The molecule has 10 heteroatoms. The first-order valence-electron chi connectivity index (χ1n) is 9.33. The Labute approximate surface area is 176 Å². The van der Waals surface area contributed by atoms with Gasteiger partial charge in [0.25, 0.3) is 5.91 Å². The van der Waals surface area contributed by atoms with Crippen LogP contribution in [-0.4, -0.2) is 41.7 Å². The molecule has 1 unspecified atom stereocenters. The zero-order chi connectivity index (χ0) is 22.8. The number of hydrogen-bond acceptors (Lipinski definition) is 4. The molecule has 1 heterocycles. The van der Waals surface area contributed by atoms with Gasteiger partial charge in [0.2, 0.25) is 11.8 Å². The molecule has 2 aromatic carbocycles. The molecular formula is C21H20F2N4O4.